The molecule has 1 aliphatic rings. The number of nitrogens with zero attached hydrogens (tertiary/aromatic N) is 3. The van der Waals surface area contributed by atoms with Crippen LogP contribution in [0.3, 0.4) is 0 Å². The summed E-state index contributed by atoms with van der Waals surface area (Å²) in [5.74, 6) is 0.708. The molecule has 1 aliphatic heterocycles. The van der Waals surface area contributed by atoms with E-state index < -0.39 is 0 Å². The summed E-state index contributed by atoms with van der Waals surface area (Å²) in [6.07, 6.45) is -0.0381. The van der Waals surface area contributed by atoms with Gasteiger partial charge in [-0.15, -0.1) is 0 Å². The average molecular weight is 442 g/mol. The van der Waals surface area contributed by atoms with E-state index in [1.165, 1.54) is 11.3 Å². The maximum Gasteiger partial charge on any atom is 0.254 e. The lowest BCUT2D eigenvalue weighted by molar-refractivity contribution is -0.0444. The van der Waals surface area contributed by atoms with Crippen molar-refractivity contribution < 1.29 is 19.0 Å². The number of rotatable bonds is 10. The van der Waals surface area contributed by atoms with Crippen molar-refractivity contribution in [1.82, 2.24) is 9.80 Å². The second kappa shape index (κ2) is 11.9. The molecule has 0 N–H and O–H groups in total. The number of methoxy groups -OCH3 is 2. The minimum Gasteiger partial charge on any atom is -0.497 e. The first-order chi connectivity index (χ1) is 15.5. The molecule has 0 aliphatic carbocycles. The second-order valence-electron chi connectivity index (χ2n) is 8.26. The molecule has 2 aromatic carbocycles. The molecule has 1 heterocycles. The lowest BCUT2D eigenvalue weighted by Gasteiger charge is -2.36. The monoisotopic (exact) mass is 441 g/mol. The van der Waals surface area contributed by atoms with E-state index in [-0.39, 0.29) is 12.0 Å². The smallest absolute Gasteiger partial charge is 0.254 e. The number of carbonyl (C=O) groups is 1. The Kier molecular flexibility index (Phi) is 8.90. The molecular formula is C25H35N3O4. The Balaban J connectivity index is 1.61. The van der Waals surface area contributed by atoms with Crippen molar-refractivity contribution in [3.8, 4) is 5.75 Å². The van der Waals surface area contributed by atoms with Gasteiger partial charge in [-0.25, -0.2) is 0 Å². The van der Waals surface area contributed by atoms with Gasteiger partial charge in [-0.3, -0.25) is 9.69 Å². The number of carbonyl (C=O) groups excluding carboxylic acids is 1. The maximum absolute atomic E-state index is 13.1. The third-order valence-electron chi connectivity index (χ3n) is 5.70. The number of hydrogen-bond donors (Lipinski definition) is 0. The molecule has 7 heteroatoms. The summed E-state index contributed by atoms with van der Waals surface area (Å²) < 4.78 is 16.5. The molecule has 1 amide bonds. The first kappa shape index (κ1) is 24.0. The number of amides is 1. The highest BCUT2D eigenvalue weighted by molar-refractivity contribution is 5.94. The average Bonchev–Trinajstić information content (AvgIpc) is 2.82. The van der Waals surface area contributed by atoms with Crippen LogP contribution in [-0.4, -0.2) is 89.5 Å². The molecule has 174 valence electrons. The topological polar surface area (TPSA) is 54.5 Å². The van der Waals surface area contributed by atoms with Crippen LogP contribution in [0.5, 0.6) is 5.75 Å². The highest BCUT2D eigenvalue weighted by atomic mass is 16.5. The fourth-order valence-electron chi connectivity index (χ4n) is 3.83. The van der Waals surface area contributed by atoms with Crippen molar-refractivity contribution in [1.29, 1.82) is 0 Å². The van der Waals surface area contributed by atoms with Gasteiger partial charge in [0.25, 0.3) is 5.91 Å². The van der Waals surface area contributed by atoms with E-state index >= 15 is 0 Å². The van der Waals surface area contributed by atoms with E-state index in [0.717, 1.165) is 25.4 Å². The summed E-state index contributed by atoms with van der Waals surface area (Å²) >= 11 is 0. The number of benzene rings is 2. The highest BCUT2D eigenvalue weighted by Gasteiger charge is 2.25. The van der Waals surface area contributed by atoms with Gasteiger partial charge in [0.1, 0.15) is 5.75 Å². The van der Waals surface area contributed by atoms with E-state index in [4.69, 9.17) is 14.2 Å². The summed E-state index contributed by atoms with van der Waals surface area (Å²) in [7, 11) is 7.36. The van der Waals surface area contributed by atoms with Crippen molar-refractivity contribution in [2.75, 3.05) is 72.6 Å². The Morgan fingerprint density at radius 2 is 1.81 bits per heavy atom. The maximum atomic E-state index is 13.1. The summed E-state index contributed by atoms with van der Waals surface area (Å²) in [6, 6.07) is 15.9. The van der Waals surface area contributed by atoms with Crippen molar-refractivity contribution in [2.24, 2.45) is 0 Å². The molecule has 1 unspecified atom stereocenters. The SMILES string of the molecule is COCCN(CC1CN(Cc2ccc(N(C)C)cc2)CCO1)C(=O)c1ccc(OC)cc1. The molecule has 0 aromatic heterocycles. The van der Waals surface area contributed by atoms with Gasteiger partial charge >= 0.3 is 0 Å². The molecule has 0 bridgehead atoms. The molecule has 0 spiro atoms. The van der Waals surface area contributed by atoms with Gasteiger partial charge in [0, 0.05) is 65.2 Å². The molecule has 1 atom stereocenters. The van der Waals surface area contributed by atoms with E-state index in [9.17, 15) is 4.79 Å². The molecule has 32 heavy (non-hydrogen) atoms. The van der Waals surface area contributed by atoms with E-state index in [0.29, 0.717) is 31.9 Å². The van der Waals surface area contributed by atoms with Gasteiger partial charge in [-0.2, -0.15) is 0 Å². The van der Waals surface area contributed by atoms with Crippen LogP contribution < -0.4 is 9.64 Å². The minimum absolute atomic E-state index is 0.0234. The van der Waals surface area contributed by atoms with Crippen LogP contribution in [0.1, 0.15) is 15.9 Å². The van der Waals surface area contributed by atoms with E-state index in [1.807, 2.05) is 31.1 Å². The molecule has 1 fully saturated rings. The van der Waals surface area contributed by atoms with Crippen LogP contribution in [-0.2, 0) is 16.0 Å². The Morgan fingerprint density at radius 1 is 1.09 bits per heavy atom. The molecule has 3 rings (SSSR count). The molecule has 0 radical (unpaired) electrons. The standard InChI is InChI=1S/C25H35N3O4/c1-26(2)22-9-5-20(6-10-22)17-27-13-16-32-24(18-27)19-28(14-15-30-3)25(29)21-7-11-23(31-4)12-8-21/h5-12,24H,13-19H2,1-4H3. The number of anilines is 1. The third kappa shape index (κ3) is 6.69. The van der Waals surface area contributed by atoms with Crippen molar-refractivity contribution in [2.45, 2.75) is 12.6 Å². The summed E-state index contributed by atoms with van der Waals surface area (Å²) in [6.45, 7) is 4.74. The summed E-state index contributed by atoms with van der Waals surface area (Å²) in [5.41, 5.74) is 3.11. The van der Waals surface area contributed by atoms with Gasteiger partial charge in [0.15, 0.2) is 0 Å². The predicted molar refractivity (Wildman–Crippen MR) is 127 cm³/mol. The van der Waals surface area contributed by atoms with Crippen molar-refractivity contribution in [3.63, 3.8) is 0 Å². The fourth-order valence-corrected chi connectivity index (χ4v) is 3.83. The van der Waals surface area contributed by atoms with E-state index in [2.05, 4.69) is 34.1 Å². The van der Waals surface area contributed by atoms with Crippen molar-refractivity contribution in [3.05, 3.63) is 59.7 Å². The first-order valence-corrected chi connectivity index (χ1v) is 11.0. The van der Waals surface area contributed by atoms with Crippen LogP contribution in [0.4, 0.5) is 5.69 Å². The van der Waals surface area contributed by atoms with Crippen LogP contribution in [0.25, 0.3) is 0 Å². The minimum atomic E-state index is -0.0381. The molecule has 1 saturated heterocycles. The fraction of sp³-hybridized carbons (Fsp3) is 0.480. The number of hydrogen-bond acceptors (Lipinski definition) is 6. The molecule has 7 nitrogen and oxygen atoms in total. The zero-order valence-electron chi connectivity index (χ0n) is 19.6. The van der Waals surface area contributed by atoms with Gasteiger partial charge in [0.2, 0.25) is 0 Å². The Labute approximate surface area is 191 Å². The van der Waals surface area contributed by atoms with Gasteiger partial charge in [0.05, 0.1) is 26.4 Å². The van der Waals surface area contributed by atoms with Crippen LogP contribution >= 0.6 is 0 Å². The zero-order valence-corrected chi connectivity index (χ0v) is 19.6. The molecule has 0 saturated carbocycles. The Morgan fingerprint density at radius 3 is 2.44 bits per heavy atom. The predicted octanol–water partition coefficient (Wildman–Crippen LogP) is 2.75. The third-order valence-corrected chi connectivity index (χ3v) is 5.70. The zero-order chi connectivity index (χ0) is 22.9. The normalized spacial score (nSPS) is 16.6. The lowest BCUT2D eigenvalue weighted by atomic mass is 10.1. The Bertz CT molecular complexity index is 839. The Hall–Kier alpha value is -2.61. The molecular weight excluding hydrogens is 406 g/mol. The van der Waals surface area contributed by atoms with Crippen molar-refractivity contribution >= 4 is 11.6 Å². The summed E-state index contributed by atoms with van der Waals surface area (Å²) in [5, 5.41) is 0. The lowest BCUT2D eigenvalue weighted by Crippen LogP contribution is -2.49. The largest absolute Gasteiger partial charge is 0.497 e. The summed E-state index contributed by atoms with van der Waals surface area (Å²) in [4.78, 5) is 19.5. The molecule has 2 aromatic rings. The first-order valence-electron chi connectivity index (χ1n) is 11.0. The number of ether oxygens (including phenoxy) is 3. The second-order valence-corrected chi connectivity index (χ2v) is 8.26. The van der Waals surface area contributed by atoms with Gasteiger partial charge in [-0.05, 0) is 42.0 Å². The van der Waals surface area contributed by atoms with E-state index in [1.54, 1.807) is 26.4 Å². The highest BCUT2D eigenvalue weighted by Crippen LogP contribution is 2.17. The van der Waals surface area contributed by atoms with Crippen LogP contribution in [0, 0.1) is 0 Å². The van der Waals surface area contributed by atoms with Gasteiger partial charge < -0.3 is 24.0 Å². The van der Waals surface area contributed by atoms with Gasteiger partial charge in [-0.1, -0.05) is 12.1 Å². The van der Waals surface area contributed by atoms with Crippen LogP contribution in [0.15, 0.2) is 48.5 Å². The quantitative estimate of drug-likeness (QED) is 0.565. The number of morpholine rings is 1. The van der Waals surface area contributed by atoms with Crippen LogP contribution in [0.2, 0.25) is 0 Å².